The summed E-state index contributed by atoms with van der Waals surface area (Å²) in [7, 11) is 0. The number of fused-ring (bicyclic) bond motifs is 1. The van der Waals surface area contributed by atoms with Crippen molar-refractivity contribution in [2.75, 3.05) is 11.9 Å². The third-order valence-electron chi connectivity index (χ3n) is 5.69. The standard InChI is InChI=1S/C25H28BrN5O3/c1-6-33-23(32)21-15(2)27-24-28-29-30-31(24)22(21)19-13-18(26)11-12-20(19)34-14-16-7-9-17(10-8-16)25(3,4)5/h7-13,22H,6,14H2,1-5H3,(H,27,28,30). The number of anilines is 1. The molecule has 1 N–H and O–H groups in total. The molecule has 9 heteroatoms. The number of hydrogen-bond acceptors (Lipinski definition) is 7. The zero-order valence-electron chi connectivity index (χ0n) is 19.9. The van der Waals surface area contributed by atoms with Gasteiger partial charge in [-0.05, 0) is 59.0 Å². The number of benzene rings is 2. The van der Waals surface area contributed by atoms with Crippen LogP contribution in [-0.4, -0.2) is 32.8 Å². The van der Waals surface area contributed by atoms with Crippen molar-refractivity contribution < 1.29 is 14.3 Å². The molecule has 1 aromatic heterocycles. The summed E-state index contributed by atoms with van der Waals surface area (Å²) < 4.78 is 14.1. The summed E-state index contributed by atoms with van der Waals surface area (Å²) in [5, 5.41) is 15.1. The Hall–Kier alpha value is -3.20. The zero-order chi connectivity index (χ0) is 24.5. The molecule has 0 radical (unpaired) electrons. The number of ether oxygens (including phenoxy) is 2. The van der Waals surface area contributed by atoms with E-state index in [1.807, 2.05) is 25.1 Å². The van der Waals surface area contributed by atoms with Crippen LogP contribution in [0.5, 0.6) is 5.75 Å². The zero-order valence-corrected chi connectivity index (χ0v) is 21.5. The lowest BCUT2D eigenvalue weighted by Crippen LogP contribution is -2.30. The normalized spacial score (nSPS) is 15.5. The predicted octanol–water partition coefficient (Wildman–Crippen LogP) is 5.16. The van der Waals surface area contributed by atoms with Gasteiger partial charge in [0.15, 0.2) is 0 Å². The number of halogens is 1. The van der Waals surface area contributed by atoms with E-state index in [0.717, 1.165) is 15.6 Å². The number of hydrogen-bond donors (Lipinski definition) is 1. The molecule has 1 unspecified atom stereocenters. The third kappa shape index (κ3) is 4.84. The number of aromatic nitrogens is 4. The van der Waals surface area contributed by atoms with E-state index < -0.39 is 12.0 Å². The van der Waals surface area contributed by atoms with E-state index in [9.17, 15) is 4.79 Å². The highest BCUT2D eigenvalue weighted by Gasteiger charge is 2.36. The van der Waals surface area contributed by atoms with Gasteiger partial charge >= 0.3 is 5.97 Å². The molecule has 178 valence electrons. The van der Waals surface area contributed by atoms with Crippen LogP contribution in [0.1, 0.15) is 57.4 Å². The Morgan fingerprint density at radius 3 is 2.59 bits per heavy atom. The SMILES string of the molecule is CCOC(=O)C1=C(C)Nc2nnnn2C1c1cc(Br)ccc1OCc1ccc(C(C)(C)C)cc1. The average Bonchev–Trinajstić information content (AvgIpc) is 3.25. The van der Waals surface area contributed by atoms with Crippen molar-refractivity contribution in [3.63, 3.8) is 0 Å². The summed E-state index contributed by atoms with van der Waals surface area (Å²) >= 11 is 3.55. The van der Waals surface area contributed by atoms with Crippen LogP contribution in [0, 0.1) is 0 Å². The molecule has 1 aliphatic rings. The molecule has 2 aromatic carbocycles. The van der Waals surface area contributed by atoms with Crippen molar-refractivity contribution in [2.45, 2.75) is 52.7 Å². The van der Waals surface area contributed by atoms with E-state index in [-0.39, 0.29) is 12.0 Å². The molecule has 0 spiro atoms. The Balaban J connectivity index is 1.70. The van der Waals surface area contributed by atoms with Gasteiger partial charge in [-0.2, -0.15) is 4.68 Å². The first-order valence-electron chi connectivity index (χ1n) is 11.1. The van der Waals surface area contributed by atoms with Gasteiger partial charge in [-0.15, -0.1) is 0 Å². The summed E-state index contributed by atoms with van der Waals surface area (Å²) in [5.41, 5.74) is 4.21. The smallest absolute Gasteiger partial charge is 0.338 e. The van der Waals surface area contributed by atoms with E-state index in [1.54, 1.807) is 11.6 Å². The van der Waals surface area contributed by atoms with Gasteiger partial charge in [0.2, 0.25) is 5.95 Å². The molecule has 4 rings (SSSR count). The second-order valence-electron chi connectivity index (χ2n) is 9.15. The van der Waals surface area contributed by atoms with E-state index in [1.165, 1.54) is 5.56 Å². The minimum absolute atomic E-state index is 0.0878. The maximum absolute atomic E-state index is 13.0. The molecule has 0 aliphatic carbocycles. The molecule has 0 amide bonds. The highest BCUT2D eigenvalue weighted by Crippen LogP contribution is 2.40. The van der Waals surface area contributed by atoms with E-state index in [4.69, 9.17) is 9.47 Å². The fraction of sp³-hybridized carbons (Fsp3) is 0.360. The van der Waals surface area contributed by atoms with Crippen molar-refractivity contribution in [3.8, 4) is 5.75 Å². The number of esters is 1. The lowest BCUT2D eigenvalue weighted by Gasteiger charge is -2.28. The number of allylic oxidation sites excluding steroid dienone is 1. The Morgan fingerprint density at radius 1 is 1.18 bits per heavy atom. The molecule has 3 aromatic rings. The summed E-state index contributed by atoms with van der Waals surface area (Å²) in [5.74, 6) is 0.646. The van der Waals surface area contributed by atoms with Crippen molar-refractivity contribution in [1.29, 1.82) is 0 Å². The molecule has 34 heavy (non-hydrogen) atoms. The molecule has 0 saturated carbocycles. The minimum atomic E-state index is -0.610. The maximum Gasteiger partial charge on any atom is 0.338 e. The van der Waals surface area contributed by atoms with Crippen LogP contribution >= 0.6 is 15.9 Å². The van der Waals surface area contributed by atoms with Gasteiger partial charge in [0, 0.05) is 15.7 Å². The largest absolute Gasteiger partial charge is 0.489 e. The molecule has 0 saturated heterocycles. The highest BCUT2D eigenvalue weighted by molar-refractivity contribution is 9.10. The number of nitrogens with zero attached hydrogens (tertiary/aromatic N) is 4. The van der Waals surface area contributed by atoms with Crippen molar-refractivity contribution >= 4 is 27.8 Å². The third-order valence-corrected chi connectivity index (χ3v) is 6.18. The quantitative estimate of drug-likeness (QED) is 0.444. The van der Waals surface area contributed by atoms with Crippen LogP contribution in [0.4, 0.5) is 5.95 Å². The van der Waals surface area contributed by atoms with E-state index in [0.29, 0.717) is 29.6 Å². The van der Waals surface area contributed by atoms with Crippen LogP contribution in [0.15, 0.2) is 58.2 Å². The van der Waals surface area contributed by atoms with Crippen molar-refractivity contribution in [1.82, 2.24) is 20.2 Å². The van der Waals surface area contributed by atoms with Gasteiger partial charge in [0.1, 0.15) is 18.4 Å². The molecular formula is C25H28BrN5O3. The number of carbonyl (C=O) groups is 1. The second-order valence-corrected chi connectivity index (χ2v) is 10.1. The van der Waals surface area contributed by atoms with E-state index >= 15 is 0 Å². The molecule has 1 aliphatic heterocycles. The van der Waals surface area contributed by atoms with Gasteiger partial charge in [0.25, 0.3) is 0 Å². The molecule has 8 nitrogen and oxygen atoms in total. The second kappa shape index (κ2) is 9.58. The van der Waals surface area contributed by atoms with Crippen LogP contribution in [0.2, 0.25) is 0 Å². The van der Waals surface area contributed by atoms with Crippen molar-refractivity contribution in [2.24, 2.45) is 0 Å². The van der Waals surface area contributed by atoms with Gasteiger partial charge in [0.05, 0.1) is 12.2 Å². The van der Waals surface area contributed by atoms with Gasteiger partial charge in [-0.1, -0.05) is 66.1 Å². The number of nitrogens with one attached hydrogen (secondary N) is 1. The van der Waals surface area contributed by atoms with Gasteiger partial charge in [-0.25, -0.2) is 4.79 Å². The maximum atomic E-state index is 13.0. The first-order chi connectivity index (χ1) is 16.2. The molecule has 2 heterocycles. The molecular weight excluding hydrogens is 498 g/mol. The molecule has 0 fully saturated rings. The lowest BCUT2D eigenvalue weighted by atomic mass is 9.87. The van der Waals surface area contributed by atoms with Crippen LogP contribution < -0.4 is 10.1 Å². The lowest BCUT2D eigenvalue weighted by molar-refractivity contribution is -0.139. The Labute approximate surface area is 207 Å². The Bertz CT molecular complexity index is 1230. The minimum Gasteiger partial charge on any atom is -0.489 e. The Kier molecular flexibility index (Phi) is 6.74. The fourth-order valence-corrected chi connectivity index (χ4v) is 4.28. The van der Waals surface area contributed by atoms with Crippen molar-refractivity contribution in [3.05, 3.63) is 74.9 Å². The topological polar surface area (TPSA) is 91.2 Å². The average molecular weight is 526 g/mol. The van der Waals surface area contributed by atoms with Crippen LogP contribution in [-0.2, 0) is 21.6 Å². The first-order valence-corrected chi connectivity index (χ1v) is 11.9. The van der Waals surface area contributed by atoms with Gasteiger partial charge in [-0.3, -0.25) is 0 Å². The number of rotatable bonds is 6. The summed E-state index contributed by atoms with van der Waals surface area (Å²) in [6.45, 7) is 10.8. The summed E-state index contributed by atoms with van der Waals surface area (Å²) in [6.07, 6.45) is 0. The first kappa shape index (κ1) is 23.9. The molecule has 1 atom stereocenters. The van der Waals surface area contributed by atoms with Crippen LogP contribution in [0.25, 0.3) is 0 Å². The van der Waals surface area contributed by atoms with Gasteiger partial charge < -0.3 is 14.8 Å². The molecule has 0 bridgehead atoms. The van der Waals surface area contributed by atoms with Crippen LogP contribution in [0.3, 0.4) is 0 Å². The fourth-order valence-electron chi connectivity index (χ4n) is 3.90. The Morgan fingerprint density at radius 2 is 1.91 bits per heavy atom. The summed E-state index contributed by atoms with van der Waals surface area (Å²) in [6, 6.07) is 13.5. The monoisotopic (exact) mass is 525 g/mol. The number of tetrazole rings is 1. The van der Waals surface area contributed by atoms with E-state index in [2.05, 4.69) is 81.8 Å². The summed E-state index contributed by atoms with van der Waals surface area (Å²) in [4.78, 5) is 13.0. The predicted molar refractivity (Wildman–Crippen MR) is 133 cm³/mol. The highest BCUT2D eigenvalue weighted by atomic mass is 79.9. The number of carbonyl (C=O) groups excluding carboxylic acids is 1.